The Morgan fingerprint density at radius 3 is 2.89 bits per heavy atom. The van der Waals surface area contributed by atoms with Crippen molar-refractivity contribution < 1.29 is 14.3 Å². The number of fused-ring (bicyclic) bond motifs is 2. The van der Waals surface area contributed by atoms with Gasteiger partial charge in [0, 0.05) is 23.7 Å². The molecule has 0 saturated heterocycles. The second-order valence-corrected chi connectivity index (χ2v) is 6.36. The molecule has 8 nitrogen and oxygen atoms in total. The Bertz CT molecular complexity index is 1220. The van der Waals surface area contributed by atoms with Crippen molar-refractivity contribution in [3.05, 3.63) is 48.7 Å². The highest BCUT2D eigenvalue weighted by Crippen LogP contribution is 2.37. The van der Waals surface area contributed by atoms with Gasteiger partial charge in [-0.15, -0.1) is 0 Å². The maximum absolute atomic E-state index is 11.3. The summed E-state index contributed by atoms with van der Waals surface area (Å²) >= 11 is 0. The number of benzene rings is 2. The van der Waals surface area contributed by atoms with E-state index in [9.17, 15) is 4.79 Å². The van der Waals surface area contributed by atoms with Gasteiger partial charge in [-0.3, -0.25) is 9.89 Å². The van der Waals surface area contributed by atoms with Crippen LogP contribution in [0.15, 0.2) is 48.7 Å². The van der Waals surface area contributed by atoms with E-state index in [4.69, 9.17) is 14.5 Å². The number of nitrogens with zero attached hydrogens (tertiary/aromatic N) is 3. The van der Waals surface area contributed by atoms with Gasteiger partial charge in [-0.05, 0) is 30.3 Å². The second kappa shape index (κ2) is 6.34. The van der Waals surface area contributed by atoms with E-state index in [1.54, 1.807) is 6.20 Å². The third-order valence-corrected chi connectivity index (χ3v) is 4.40. The number of carbonyl (C=O) groups excluding carboxylic acids is 1. The highest BCUT2D eigenvalue weighted by molar-refractivity contribution is 5.91. The fourth-order valence-corrected chi connectivity index (χ4v) is 3.15. The molecule has 0 saturated carbocycles. The molecular weight excluding hydrogens is 358 g/mol. The summed E-state index contributed by atoms with van der Waals surface area (Å²) in [6.07, 6.45) is 1.67. The van der Waals surface area contributed by atoms with Crippen molar-refractivity contribution in [2.75, 3.05) is 12.1 Å². The van der Waals surface area contributed by atoms with Crippen LogP contribution >= 0.6 is 0 Å². The summed E-state index contributed by atoms with van der Waals surface area (Å²) in [6.45, 7) is 1.69. The van der Waals surface area contributed by atoms with Gasteiger partial charge in [-0.1, -0.05) is 12.1 Å². The summed E-state index contributed by atoms with van der Waals surface area (Å²) in [5.41, 5.74) is 5.04. The molecule has 0 unspecified atom stereocenters. The number of hydrogen-bond acceptors (Lipinski definition) is 6. The number of anilines is 1. The molecule has 3 heterocycles. The first-order valence-corrected chi connectivity index (χ1v) is 8.66. The van der Waals surface area contributed by atoms with Crippen molar-refractivity contribution in [1.29, 1.82) is 0 Å². The molecule has 0 spiro atoms. The summed E-state index contributed by atoms with van der Waals surface area (Å²) < 4.78 is 10.8. The Balaban J connectivity index is 1.58. The van der Waals surface area contributed by atoms with E-state index in [0.717, 1.165) is 16.8 Å². The van der Waals surface area contributed by atoms with E-state index in [-0.39, 0.29) is 12.7 Å². The molecule has 1 aliphatic rings. The molecule has 5 rings (SSSR count). The van der Waals surface area contributed by atoms with Crippen LogP contribution in [-0.2, 0) is 4.79 Å². The summed E-state index contributed by atoms with van der Waals surface area (Å²) in [4.78, 5) is 20.5. The van der Waals surface area contributed by atoms with Crippen LogP contribution in [0.5, 0.6) is 11.5 Å². The molecule has 2 N–H and O–H groups in total. The van der Waals surface area contributed by atoms with E-state index in [1.165, 1.54) is 6.92 Å². The monoisotopic (exact) mass is 373 g/mol. The van der Waals surface area contributed by atoms with Crippen LogP contribution in [0.2, 0.25) is 0 Å². The SMILES string of the molecule is CC(=O)Nc1cccc(-c2cnc3n[nH]c(-c4ccc5c(c4)OCO5)c3n2)c1. The van der Waals surface area contributed by atoms with Crippen LogP contribution in [0.1, 0.15) is 6.92 Å². The lowest BCUT2D eigenvalue weighted by Gasteiger charge is -2.06. The largest absolute Gasteiger partial charge is 0.454 e. The van der Waals surface area contributed by atoms with Gasteiger partial charge in [0.05, 0.1) is 17.6 Å². The van der Waals surface area contributed by atoms with Gasteiger partial charge >= 0.3 is 0 Å². The summed E-state index contributed by atoms with van der Waals surface area (Å²) in [6, 6.07) is 13.1. The number of carbonyl (C=O) groups is 1. The van der Waals surface area contributed by atoms with Gasteiger partial charge in [-0.25, -0.2) is 9.97 Å². The minimum atomic E-state index is -0.126. The first-order valence-electron chi connectivity index (χ1n) is 8.66. The molecule has 0 atom stereocenters. The molecule has 0 aliphatic carbocycles. The molecule has 2 aromatic heterocycles. The lowest BCUT2D eigenvalue weighted by Crippen LogP contribution is -2.05. The Hall–Kier alpha value is -3.94. The minimum Gasteiger partial charge on any atom is -0.454 e. The van der Waals surface area contributed by atoms with Crippen molar-refractivity contribution in [3.63, 3.8) is 0 Å². The Labute approximate surface area is 159 Å². The van der Waals surface area contributed by atoms with Crippen LogP contribution in [0.3, 0.4) is 0 Å². The molecule has 1 amide bonds. The average Bonchev–Trinajstić information content (AvgIpc) is 3.33. The lowest BCUT2D eigenvalue weighted by molar-refractivity contribution is -0.114. The maximum atomic E-state index is 11.3. The molecule has 4 aromatic rings. The zero-order chi connectivity index (χ0) is 19.1. The summed E-state index contributed by atoms with van der Waals surface area (Å²) in [5, 5.41) is 10.0. The molecule has 8 heteroatoms. The zero-order valence-electron chi connectivity index (χ0n) is 14.9. The maximum Gasteiger partial charge on any atom is 0.231 e. The van der Waals surface area contributed by atoms with Crippen LogP contribution in [-0.4, -0.2) is 32.9 Å². The lowest BCUT2D eigenvalue weighted by atomic mass is 10.1. The predicted molar refractivity (Wildman–Crippen MR) is 103 cm³/mol. The quantitative estimate of drug-likeness (QED) is 0.571. The normalized spacial score (nSPS) is 12.3. The summed E-state index contributed by atoms with van der Waals surface area (Å²) in [7, 11) is 0. The standard InChI is InChI=1S/C20H15N5O3/c1-11(26)22-14-4-2-3-12(7-14)15-9-21-20-19(23-15)18(24-25-20)13-5-6-16-17(8-13)28-10-27-16/h2-9H,10H2,1H3,(H,22,26)(H,21,24,25). The minimum absolute atomic E-state index is 0.126. The van der Waals surface area contributed by atoms with E-state index in [2.05, 4.69) is 20.5 Å². The topological polar surface area (TPSA) is 102 Å². The first kappa shape index (κ1) is 16.2. The Morgan fingerprint density at radius 1 is 1.11 bits per heavy atom. The molecule has 0 fully saturated rings. The van der Waals surface area contributed by atoms with Crippen LogP contribution in [0.4, 0.5) is 5.69 Å². The molecule has 0 radical (unpaired) electrons. The number of nitrogens with one attached hydrogen (secondary N) is 2. The van der Waals surface area contributed by atoms with Gasteiger partial charge in [-0.2, -0.15) is 5.10 Å². The van der Waals surface area contributed by atoms with Crippen molar-refractivity contribution >= 4 is 22.8 Å². The van der Waals surface area contributed by atoms with Crippen LogP contribution in [0.25, 0.3) is 33.7 Å². The van der Waals surface area contributed by atoms with Gasteiger partial charge in [0.15, 0.2) is 17.1 Å². The highest BCUT2D eigenvalue weighted by atomic mass is 16.7. The van der Waals surface area contributed by atoms with Crippen molar-refractivity contribution in [3.8, 4) is 34.0 Å². The van der Waals surface area contributed by atoms with Gasteiger partial charge in [0.1, 0.15) is 5.52 Å². The summed E-state index contributed by atoms with van der Waals surface area (Å²) in [5.74, 6) is 1.28. The molecule has 28 heavy (non-hydrogen) atoms. The van der Waals surface area contributed by atoms with Crippen molar-refractivity contribution in [2.24, 2.45) is 0 Å². The van der Waals surface area contributed by atoms with Crippen molar-refractivity contribution in [1.82, 2.24) is 20.2 Å². The molecule has 2 aromatic carbocycles. The third-order valence-electron chi connectivity index (χ3n) is 4.40. The highest BCUT2D eigenvalue weighted by Gasteiger charge is 2.17. The van der Waals surface area contributed by atoms with Gasteiger partial charge in [0.2, 0.25) is 12.7 Å². The number of hydrogen-bond donors (Lipinski definition) is 2. The second-order valence-electron chi connectivity index (χ2n) is 6.36. The van der Waals surface area contributed by atoms with Gasteiger partial charge in [0.25, 0.3) is 0 Å². The Kier molecular flexibility index (Phi) is 3.68. The number of aromatic nitrogens is 4. The Morgan fingerprint density at radius 2 is 2.00 bits per heavy atom. The number of H-pyrrole nitrogens is 1. The molecule has 138 valence electrons. The third kappa shape index (κ3) is 2.81. The predicted octanol–water partition coefficient (Wildman–Crippen LogP) is 3.37. The number of amides is 1. The number of ether oxygens (including phenoxy) is 2. The van der Waals surface area contributed by atoms with Gasteiger partial charge < -0.3 is 14.8 Å². The van der Waals surface area contributed by atoms with E-state index in [1.807, 2.05) is 42.5 Å². The molecule has 0 bridgehead atoms. The van der Waals surface area contributed by atoms with Crippen molar-refractivity contribution in [2.45, 2.75) is 6.92 Å². The van der Waals surface area contributed by atoms with E-state index >= 15 is 0 Å². The smallest absolute Gasteiger partial charge is 0.231 e. The van der Waals surface area contributed by atoms with Crippen LogP contribution in [0, 0.1) is 0 Å². The van der Waals surface area contributed by atoms with E-state index < -0.39 is 0 Å². The molecule has 1 aliphatic heterocycles. The zero-order valence-corrected chi connectivity index (χ0v) is 14.9. The first-order chi connectivity index (χ1) is 13.7. The number of aromatic amines is 1. The fraction of sp³-hybridized carbons (Fsp3) is 0.100. The molecular formula is C20H15N5O3. The number of rotatable bonds is 3. The fourth-order valence-electron chi connectivity index (χ4n) is 3.15. The average molecular weight is 373 g/mol. The van der Waals surface area contributed by atoms with E-state index in [0.29, 0.717) is 34.0 Å². The van der Waals surface area contributed by atoms with Crippen LogP contribution < -0.4 is 14.8 Å².